The molecule has 1 saturated carbocycles. The van der Waals surface area contributed by atoms with Gasteiger partial charge in [-0.15, -0.1) is 0 Å². The van der Waals surface area contributed by atoms with Gasteiger partial charge in [0.25, 0.3) is 15.7 Å². The second kappa shape index (κ2) is 11.8. The van der Waals surface area contributed by atoms with Crippen LogP contribution in [0, 0.1) is 18.7 Å². The molecule has 2 aromatic carbocycles. The number of nitrogens with two attached hydrogens (primary N) is 1. The average molecular weight is 630 g/mol. The van der Waals surface area contributed by atoms with E-state index >= 15 is 0 Å². The van der Waals surface area contributed by atoms with E-state index in [1.165, 1.54) is 24.7 Å². The van der Waals surface area contributed by atoms with Crippen LogP contribution in [0.15, 0.2) is 63.0 Å². The Morgan fingerprint density at radius 2 is 1.79 bits per heavy atom. The highest BCUT2D eigenvalue weighted by Gasteiger charge is 2.26. The van der Waals surface area contributed by atoms with Gasteiger partial charge in [0.2, 0.25) is 0 Å². The summed E-state index contributed by atoms with van der Waals surface area (Å²) in [6.45, 7) is 1.82. The maximum Gasteiger partial charge on any atom is 0.333 e. The van der Waals surface area contributed by atoms with Crippen molar-refractivity contribution in [2.24, 2.45) is 13.0 Å². The number of rotatable bonds is 7. The molecule has 0 bridgehead atoms. The Morgan fingerprint density at radius 3 is 2.35 bits per heavy atom. The largest absolute Gasteiger partial charge is 0.399 e. The molecular formula is C28H29ClFN7O5S. The summed E-state index contributed by atoms with van der Waals surface area (Å²) < 4.78 is 48.1. The normalized spacial score (nSPS) is 13.2. The summed E-state index contributed by atoms with van der Waals surface area (Å²) in [4.78, 5) is 33.8. The van der Waals surface area contributed by atoms with E-state index in [0.29, 0.717) is 41.6 Å². The average Bonchev–Trinajstić information content (AvgIpc) is 3.60. The topological polar surface area (TPSA) is 171 Å². The third-order valence-corrected chi connectivity index (χ3v) is 8.59. The number of nitrogen functional groups attached to an aromatic ring is 1. The van der Waals surface area contributed by atoms with E-state index in [0.717, 1.165) is 23.0 Å². The van der Waals surface area contributed by atoms with Crippen molar-refractivity contribution in [3.8, 4) is 0 Å². The van der Waals surface area contributed by atoms with E-state index < -0.39 is 27.2 Å². The third-order valence-electron chi connectivity index (χ3n) is 7.04. The Kier molecular flexibility index (Phi) is 8.27. The molecule has 1 fully saturated rings. The SMILES string of the molecule is Cc1nn(C)c(Cl)c1S(=O)(=O)O.Nc1ccc(Cc2nc3c([nH]2)c(=O)n(Cc2ccccc2F)c(=O)n3CC2CC2)cc1. The lowest BCUT2D eigenvalue weighted by atomic mass is 10.1. The van der Waals surface area contributed by atoms with Crippen molar-refractivity contribution in [3.63, 3.8) is 0 Å². The molecule has 226 valence electrons. The number of imidazole rings is 1. The summed E-state index contributed by atoms with van der Waals surface area (Å²) >= 11 is 5.56. The molecule has 0 saturated heterocycles. The molecule has 12 nitrogen and oxygen atoms in total. The van der Waals surface area contributed by atoms with Crippen LogP contribution in [0.3, 0.4) is 0 Å². The van der Waals surface area contributed by atoms with Gasteiger partial charge in [-0.2, -0.15) is 13.5 Å². The molecule has 3 aromatic heterocycles. The van der Waals surface area contributed by atoms with Crippen molar-refractivity contribution in [3.05, 3.63) is 103 Å². The number of benzene rings is 2. The van der Waals surface area contributed by atoms with Crippen LogP contribution in [0.25, 0.3) is 11.2 Å². The first-order valence-electron chi connectivity index (χ1n) is 13.3. The zero-order valence-corrected chi connectivity index (χ0v) is 24.9. The summed E-state index contributed by atoms with van der Waals surface area (Å²) in [7, 11) is -2.77. The Hall–Kier alpha value is -4.27. The molecule has 3 heterocycles. The number of aromatic nitrogens is 6. The smallest absolute Gasteiger partial charge is 0.333 e. The number of hydrogen-bond acceptors (Lipinski definition) is 7. The molecule has 1 aliphatic carbocycles. The molecule has 0 radical (unpaired) electrons. The van der Waals surface area contributed by atoms with Gasteiger partial charge in [-0.3, -0.25) is 23.2 Å². The first-order valence-corrected chi connectivity index (χ1v) is 15.1. The van der Waals surface area contributed by atoms with E-state index in [1.54, 1.807) is 22.8 Å². The second-order valence-corrected chi connectivity index (χ2v) is 12.1. The van der Waals surface area contributed by atoms with Gasteiger partial charge >= 0.3 is 5.69 Å². The van der Waals surface area contributed by atoms with E-state index in [-0.39, 0.29) is 27.8 Å². The van der Waals surface area contributed by atoms with Crippen LogP contribution in [-0.2, 0) is 36.7 Å². The molecule has 43 heavy (non-hydrogen) atoms. The van der Waals surface area contributed by atoms with Gasteiger partial charge in [-0.05, 0) is 49.4 Å². The van der Waals surface area contributed by atoms with Crippen LogP contribution >= 0.6 is 11.6 Å². The molecule has 4 N–H and O–H groups in total. The van der Waals surface area contributed by atoms with Crippen molar-refractivity contribution >= 4 is 38.6 Å². The van der Waals surface area contributed by atoms with Crippen LogP contribution in [0.5, 0.6) is 0 Å². The minimum Gasteiger partial charge on any atom is -0.399 e. The fourth-order valence-electron chi connectivity index (χ4n) is 4.69. The van der Waals surface area contributed by atoms with Crippen molar-refractivity contribution in [1.82, 2.24) is 28.9 Å². The van der Waals surface area contributed by atoms with Crippen molar-refractivity contribution in [1.29, 1.82) is 0 Å². The third kappa shape index (κ3) is 6.55. The van der Waals surface area contributed by atoms with Gasteiger partial charge in [-0.1, -0.05) is 41.9 Å². The number of hydrogen-bond donors (Lipinski definition) is 3. The number of anilines is 1. The van der Waals surface area contributed by atoms with E-state index in [9.17, 15) is 22.4 Å². The highest BCUT2D eigenvalue weighted by atomic mass is 35.5. The zero-order valence-electron chi connectivity index (χ0n) is 23.3. The van der Waals surface area contributed by atoms with Gasteiger partial charge in [0.05, 0.1) is 12.2 Å². The molecule has 1 aliphatic rings. The molecule has 15 heteroatoms. The molecule has 0 unspecified atom stereocenters. The number of H-pyrrole nitrogens is 1. The fourth-order valence-corrected chi connectivity index (χ4v) is 5.92. The van der Waals surface area contributed by atoms with E-state index in [1.807, 2.05) is 24.3 Å². The Balaban J connectivity index is 0.000000259. The minimum atomic E-state index is -4.26. The maximum atomic E-state index is 14.2. The van der Waals surface area contributed by atoms with Gasteiger partial charge in [0.15, 0.2) is 10.5 Å². The van der Waals surface area contributed by atoms with Crippen LogP contribution in [0.1, 0.15) is 35.5 Å². The minimum absolute atomic E-state index is 0.0880. The fraction of sp³-hybridized carbons (Fsp3) is 0.286. The molecule has 0 spiro atoms. The number of nitrogens with zero attached hydrogens (tertiary/aromatic N) is 5. The Morgan fingerprint density at radius 1 is 1.12 bits per heavy atom. The highest BCUT2D eigenvalue weighted by molar-refractivity contribution is 7.86. The second-order valence-electron chi connectivity index (χ2n) is 10.4. The van der Waals surface area contributed by atoms with Crippen molar-refractivity contribution < 1.29 is 17.4 Å². The van der Waals surface area contributed by atoms with Gasteiger partial charge in [0.1, 0.15) is 22.3 Å². The van der Waals surface area contributed by atoms with Gasteiger partial charge in [-0.25, -0.2) is 14.2 Å². The molecule has 0 atom stereocenters. The molecular weight excluding hydrogens is 601 g/mol. The summed E-state index contributed by atoms with van der Waals surface area (Å²) in [5.74, 6) is 0.540. The number of aromatic amines is 1. The summed E-state index contributed by atoms with van der Waals surface area (Å²) in [6.07, 6.45) is 2.56. The predicted octanol–water partition coefficient (Wildman–Crippen LogP) is 3.29. The van der Waals surface area contributed by atoms with Crippen LogP contribution in [0.2, 0.25) is 5.15 Å². The summed E-state index contributed by atoms with van der Waals surface area (Å²) in [6, 6.07) is 13.6. The molecule has 6 rings (SSSR count). The maximum absolute atomic E-state index is 14.2. The number of fused-ring (bicyclic) bond motifs is 1. The molecule has 0 amide bonds. The Labute approximate surface area is 250 Å². The lowest BCUT2D eigenvalue weighted by molar-refractivity contribution is 0.482. The van der Waals surface area contributed by atoms with Crippen LogP contribution in [0.4, 0.5) is 10.1 Å². The van der Waals surface area contributed by atoms with Crippen molar-refractivity contribution in [2.45, 2.75) is 44.2 Å². The highest BCUT2D eigenvalue weighted by Crippen LogP contribution is 2.30. The zero-order chi connectivity index (χ0) is 31.1. The predicted molar refractivity (Wildman–Crippen MR) is 159 cm³/mol. The number of aryl methyl sites for hydroxylation is 2. The Bertz CT molecular complexity index is 2040. The van der Waals surface area contributed by atoms with Crippen molar-refractivity contribution in [2.75, 3.05) is 5.73 Å². The monoisotopic (exact) mass is 629 g/mol. The quantitative estimate of drug-likeness (QED) is 0.182. The number of nitrogens with one attached hydrogen (secondary N) is 1. The van der Waals surface area contributed by atoms with Crippen LogP contribution < -0.4 is 17.0 Å². The van der Waals surface area contributed by atoms with Gasteiger partial charge < -0.3 is 10.7 Å². The first kappa shape index (κ1) is 30.2. The summed E-state index contributed by atoms with van der Waals surface area (Å²) in [5.41, 5.74) is 7.55. The van der Waals surface area contributed by atoms with E-state index in [2.05, 4.69) is 15.1 Å². The van der Waals surface area contributed by atoms with Crippen LogP contribution in [-0.4, -0.2) is 41.9 Å². The lowest BCUT2D eigenvalue weighted by Gasteiger charge is -2.11. The van der Waals surface area contributed by atoms with E-state index in [4.69, 9.17) is 21.9 Å². The van der Waals surface area contributed by atoms with Gasteiger partial charge in [0, 0.05) is 31.3 Å². The summed E-state index contributed by atoms with van der Waals surface area (Å²) in [5, 5.41) is 3.63. The molecule has 0 aliphatic heterocycles. The molecule has 5 aromatic rings. The number of halogens is 2. The lowest BCUT2D eigenvalue weighted by Crippen LogP contribution is -2.40. The first-order chi connectivity index (χ1) is 20.3. The standard InChI is InChI=1S/C23H22FN5O2.C5H7ClN2O3S/c24-18-4-2-1-3-16(18)13-29-22(30)20-21(28(23(29)31)12-15-5-6-15)27-19(26-20)11-14-7-9-17(25)10-8-14;1-3-4(12(9,10)11)5(6)8(2)7-3/h1-4,7-10,15H,5-6,11-13,25H2,(H,26,27);1-2H3,(H,9,10,11).